The van der Waals surface area contributed by atoms with Gasteiger partial charge in [-0.1, -0.05) is 24.4 Å². The van der Waals surface area contributed by atoms with Crippen LogP contribution in [0.25, 0.3) is 0 Å². The summed E-state index contributed by atoms with van der Waals surface area (Å²) < 4.78 is 5.69. The number of nitrogens with two attached hydrogens (primary N) is 1. The maximum Gasteiger partial charge on any atom is 0.255 e. The molecule has 0 aliphatic carbocycles. The van der Waals surface area contributed by atoms with Crippen LogP contribution in [0.5, 0.6) is 5.75 Å². The Bertz CT molecular complexity index is 1180. The highest BCUT2D eigenvalue weighted by molar-refractivity contribution is 6.33. The first-order chi connectivity index (χ1) is 23.1. The van der Waals surface area contributed by atoms with Gasteiger partial charge in [0.1, 0.15) is 24.1 Å². The van der Waals surface area contributed by atoms with E-state index in [9.17, 15) is 30.0 Å². The number of hydrogen-bond acceptors (Lipinski definition) is 11. The second-order valence-electron chi connectivity index (χ2n) is 13.7. The van der Waals surface area contributed by atoms with Crippen molar-refractivity contribution in [3.05, 3.63) is 22.2 Å². The van der Waals surface area contributed by atoms with E-state index in [0.29, 0.717) is 53.9 Å². The lowest BCUT2D eigenvalue weighted by Gasteiger charge is -2.37. The van der Waals surface area contributed by atoms with Crippen LogP contribution in [0.4, 0.5) is 5.69 Å². The van der Waals surface area contributed by atoms with Gasteiger partial charge >= 0.3 is 0 Å². The van der Waals surface area contributed by atoms with Gasteiger partial charge in [-0.25, -0.2) is 0 Å². The lowest BCUT2D eigenvalue weighted by Crippen LogP contribution is -2.49. The summed E-state index contributed by atoms with van der Waals surface area (Å²) in [6.07, 6.45) is 2.95. The SMILES string of the molecule is Nc1c(Cl)cc(C(=O)NCC2CCN(CC3CCN(CCCCCCC(=O)NC[C@H](O)[C@@H](O)[C@H](O)[C@H](O)CO)CC3)CC2)c2c1CCO2. The summed E-state index contributed by atoms with van der Waals surface area (Å²) in [7, 11) is 0. The molecule has 2 fully saturated rings. The van der Waals surface area contributed by atoms with Crippen molar-refractivity contribution in [1.29, 1.82) is 0 Å². The minimum Gasteiger partial charge on any atom is -0.492 e. The second kappa shape index (κ2) is 19.2. The van der Waals surface area contributed by atoms with E-state index in [-0.39, 0.29) is 18.4 Å². The fourth-order valence-electron chi connectivity index (χ4n) is 6.96. The van der Waals surface area contributed by atoms with Crippen molar-refractivity contribution in [2.45, 2.75) is 88.6 Å². The third-order valence-corrected chi connectivity index (χ3v) is 10.5. The maximum atomic E-state index is 12.9. The number of fused-ring (bicyclic) bond motifs is 1. The van der Waals surface area contributed by atoms with Crippen molar-refractivity contribution in [2.75, 3.05) is 71.3 Å². The molecule has 1 aromatic carbocycles. The molecule has 9 N–H and O–H groups in total. The van der Waals surface area contributed by atoms with Crippen LogP contribution in [-0.4, -0.2) is 137 Å². The molecular weight excluding hydrogens is 642 g/mol. The zero-order chi connectivity index (χ0) is 34.6. The summed E-state index contributed by atoms with van der Waals surface area (Å²) in [5, 5.41) is 53.6. The highest BCUT2D eigenvalue weighted by Crippen LogP contribution is 2.38. The van der Waals surface area contributed by atoms with Crippen LogP contribution in [0.2, 0.25) is 5.02 Å². The number of nitrogens with one attached hydrogen (secondary N) is 2. The number of nitrogen functional groups attached to an aromatic ring is 1. The molecule has 272 valence electrons. The van der Waals surface area contributed by atoms with Gasteiger partial charge in [0, 0.05) is 38.0 Å². The predicted molar refractivity (Wildman–Crippen MR) is 183 cm³/mol. The summed E-state index contributed by atoms with van der Waals surface area (Å²) in [5.74, 6) is 1.36. The Labute approximate surface area is 288 Å². The first-order valence-corrected chi connectivity index (χ1v) is 18.0. The number of carbonyl (C=O) groups is 2. The van der Waals surface area contributed by atoms with Crippen molar-refractivity contribution < 1.29 is 39.9 Å². The molecule has 0 spiro atoms. The van der Waals surface area contributed by atoms with E-state index in [1.165, 1.54) is 12.8 Å². The predicted octanol–water partition coefficient (Wildman–Crippen LogP) is 0.514. The normalized spacial score (nSPS) is 20.5. The molecule has 13 nitrogen and oxygen atoms in total. The molecule has 0 unspecified atom stereocenters. The number of aliphatic hydroxyl groups excluding tert-OH is 5. The fraction of sp³-hybridized carbons (Fsp3) is 0.765. The number of anilines is 1. The number of halogens is 1. The smallest absolute Gasteiger partial charge is 0.255 e. The van der Waals surface area contributed by atoms with Crippen LogP contribution in [-0.2, 0) is 11.2 Å². The van der Waals surface area contributed by atoms with Crippen LogP contribution in [0.1, 0.15) is 73.7 Å². The highest BCUT2D eigenvalue weighted by Gasteiger charge is 2.30. The van der Waals surface area contributed by atoms with Crippen molar-refractivity contribution in [2.24, 2.45) is 11.8 Å². The summed E-state index contributed by atoms with van der Waals surface area (Å²) >= 11 is 6.27. The number of nitrogens with zero attached hydrogens (tertiary/aromatic N) is 2. The average Bonchev–Trinajstić information content (AvgIpc) is 3.60. The molecule has 0 saturated carbocycles. The Morgan fingerprint density at radius 3 is 2.27 bits per heavy atom. The molecule has 14 heteroatoms. The largest absolute Gasteiger partial charge is 0.492 e. The molecule has 3 heterocycles. The lowest BCUT2D eigenvalue weighted by molar-refractivity contribution is -0.126. The van der Waals surface area contributed by atoms with Crippen molar-refractivity contribution in [3.8, 4) is 5.75 Å². The number of rotatable bonds is 18. The Morgan fingerprint density at radius 1 is 0.917 bits per heavy atom. The Balaban J connectivity index is 1.00. The van der Waals surface area contributed by atoms with E-state index in [1.807, 2.05) is 0 Å². The average molecular weight is 698 g/mol. The monoisotopic (exact) mass is 697 g/mol. The van der Waals surface area contributed by atoms with Gasteiger partial charge in [0.15, 0.2) is 0 Å². The second-order valence-corrected chi connectivity index (χ2v) is 14.1. The first-order valence-electron chi connectivity index (χ1n) is 17.6. The van der Waals surface area contributed by atoms with Gasteiger partial charge in [-0.3, -0.25) is 9.59 Å². The molecule has 0 aromatic heterocycles. The quantitative estimate of drug-likeness (QED) is 0.0785. The summed E-state index contributed by atoms with van der Waals surface area (Å²) in [6, 6.07) is 1.62. The Kier molecular flexibility index (Phi) is 15.5. The maximum absolute atomic E-state index is 12.9. The first kappa shape index (κ1) is 38.6. The molecule has 1 aromatic rings. The molecular formula is C34H56ClN5O8. The van der Waals surface area contributed by atoms with Gasteiger partial charge in [-0.05, 0) is 89.2 Å². The van der Waals surface area contributed by atoms with Crippen molar-refractivity contribution in [3.63, 3.8) is 0 Å². The third-order valence-electron chi connectivity index (χ3n) is 10.2. The molecule has 3 aliphatic heterocycles. The summed E-state index contributed by atoms with van der Waals surface area (Å²) in [6.45, 7) is 6.75. The van der Waals surface area contributed by atoms with Gasteiger partial charge in [-0.15, -0.1) is 0 Å². The zero-order valence-electron chi connectivity index (χ0n) is 28.0. The van der Waals surface area contributed by atoms with Crippen LogP contribution in [0.3, 0.4) is 0 Å². The van der Waals surface area contributed by atoms with E-state index in [4.69, 9.17) is 27.2 Å². The van der Waals surface area contributed by atoms with E-state index >= 15 is 0 Å². The van der Waals surface area contributed by atoms with Crippen LogP contribution < -0.4 is 21.1 Å². The van der Waals surface area contributed by atoms with Gasteiger partial charge < -0.3 is 56.4 Å². The highest BCUT2D eigenvalue weighted by atomic mass is 35.5. The van der Waals surface area contributed by atoms with Gasteiger partial charge in [0.25, 0.3) is 5.91 Å². The van der Waals surface area contributed by atoms with E-state index in [1.54, 1.807) is 6.07 Å². The molecule has 2 amide bonds. The molecule has 4 atom stereocenters. The zero-order valence-corrected chi connectivity index (χ0v) is 28.8. The number of ether oxygens (including phenoxy) is 1. The van der Waals surface area contributed by atoms with E-state index in [0.717, 1.165) is 89.3 Å². The molecule has 3 aliphatic rings. The minimum atomic E-state index is -1.70. The molecule has 48 heavy (non-hydrogen) atoms. The molecule has 0 radical (unpaired) electrons. The number of carbonyl (C=O) groups excluding carboxylic acids is 2. The number of hydrogen-bond donors (Lipinski definition) is 8. The standard InChI is InChI=1S/C34H56ClN5O8/c35-26-17-25(33-24(30(26)36)10-16-48-33)34(47)38-18-22-6-14-40(15-7-22)20-23-8-12-39(13-9-23)11-4-2-1-3-5-29(44)37-19-27(42)31(45)32(46)28(43)21-41/h17,22-23,27-28,31-32,41-43,45-46H,1-16,18-21,36H2,(H,37,44)(H,38,47)/t27-,28+,31+,32+/m0/s1. The van der Waals surface area contributed by atoms with E-state index < -0.39 is 31.0 Å². The van der Waals surface area contributed by atoms with E-state index in [2.05, 4.69) is 20.4 Å². The number of amides is 2. The molecule has 0 bridgehead atoms. The Hall–Kier alpha value is -2.23. The summed E-state index contributed by atoms with van der Waals surface area (Å²) in [5.41, 5.74) is 7.88. The van der Waals surface area contributed by atoms with Crippen LogP contribution >= 0.6 is 11.6 Å². The van der Waals surface area contributed by atoms with Crippen LogP contribution in [0, 0.1) is 11.8 Å². The Morgan fingerprint density at radius 2 is 1.56 bits per heavy atom. The topological polar surface area (TPSA) is 201 Å². The van der Waals surface area contributed by atoms with Crippen molar-refractivity contribution >= 4 is 29.1 Å². The minimum absolute atomic E-state index is 0.153. The van der Waals surface area contributed by atoms with Gasteiger partial charge in [0.2, 0.25) is 5.91 Å². The van der Waals surface area contributed by atoms with Crippen LogP contribution in [0.15, 0.2) is 6.07 Å². The number of piperidine rings is 2. The number of likely N-dealkylation sites (tertiary alicyclic amines) is 2. The fourth-order valence-corrected chi connectivity index (χ4v) is 7.19. The third kappa shape index (κ3) is 11.1. The molecule has 4 rings (SSSR count). The summed E-state index contributed by atoms with van der Waals surface area (Å²) in [4.78, 5) is 30.1. The number of benzene rings is 1. The van der Waals surface area contributed by atoms with Crippen molar-refractivity contribution in [1.82, 2.24) is 20.4 Å². The number of aliphatic hydroxyl groups is 5. The number of unbranched alkanes of at least 4 members (excludes halogenated alkanes) is 3. The van der Waals surface area contributed by atoms with Gasteiger partial charge in [0.05, 0.1) is 35.6 Å². The van der Waals surface area contributed by atoms with Gasteiger partial charge in [-0.2, -0.15) is 0 Å². The molecule has 2 saturated heterocycles. The lowest BCUT2D eigenvalue weighted by atomic mass is 9.92.